The van der Waals surface area contributed by atoms with Gasteiger partial charge < -0.3 is 4.74 Å². The first-order valence-corrected chi connectivity index (χ1v) is 6.85. The standard InChI is InChI=1S/C10H14F4O4S/c1-4-19(16,17)10(13,14)9(11,12)5-6-18-8(15)7(2)3/h2,4-6H2,1,3H3. The van der Waals surface area contributed by atoms with Gasteiger partial charge >= 0.3 is 17.1 Å². The maximum absolute atomic E-state index is 13.2. The Morgan fingerprint density at radius 3 is 2.11 bits per heavy atom. The number of carbonyl (C=O) groups excluding carboxylic acids is 1. The minimum absolute atomic E-state index is 0.0868. The Morgan fingerprint density at radius 1 is 1.26 bits per heavy atom. The monoisotopic (exact) mass is 306 g/mol. The number of hydrogen-bond donors (Lipinski definition) is 0. The number of halogens is 4. The van der Waals surface area contributed by atoms with Crippen LogP contribution >= 0.6 is 0 Å². The molecular formula is C10H14F4O4S. The van der Waals surface area contributed by atoms with Crippen LogP contribution in [-0.4, -0.2) is 37.9 Å². The first kappa shape index (κ1) is 17.9. The van der Waals surface area contributed by atoms with Gasteiger partial charge in [0.2, 0.25) is 9.84 Å². The summed E-state index contributed by atoms with van der Waals surface area (Å²) in [5.41, 5.74) is -0.0868. The minimum Gasteiger partial charge on any atom is -0.462 e. The van der Waals surface area contributed by atoms with Crippen molar-refractivity contribution in [3.05, 3.63) is 12.2 Å². The molecule has 0 saturated heterocycles. The summed E-state index contributed by atoms with van der Waals surface area (Å²) in [6.45, 7) is 4.21. The van der Waals surface area contributed by atoms with Gasteiger partial charge in [-0.2, -0.15) is 17.6 Å². The van der Waals surface area contributed by atoms with Gasteiger partial charge in [-0.1, -0.05) is 13.5 Å². The average Bonchev–Trinajstić information content (AvgIpc) is 2.27. The highest BCUT2D eigenvalue weighted by atomic mass is 32.2. The third-order valence-corrected chi connectivity index (χ3v) is 4.03. The lowest BCUT2D eigenvalue weighted by Gasteiger charge is -2.25. The molecule has 0 atom stereocenters. The number of sulfone groups is 1. The van der Waals surface area contributed by atoms with Crippen molar-refractivity contribution < 1.29 is 35.5 Å². The summed E-state index contributed by atoms with van der Waals surface area (Å²) in [7, 11) is -5.26. The highest BCUT2D eigenvalue weighted by Gasteiger charge is 2.64. The van der Waals surface area contributed by atoms with Gasteiger partial charge in [-0.3, -0.25) is 0 Å². The number of esters is 1. The molecule has 9 heteroatoms. The summed E-state index contributed by atoms with van der Waals surface area (Å²) in [6, 6.07) is 0. The quantitative estimate of drug-likeness (QED) is 0.411. The Hall–Kier alpha value is -1.12. The van der Waals surface area contributed by atoms with Crippen LogP contribution in [0.1, 0.15) is 20.3 Å². The molecule has 0 radical (unpaired) electrons. The van der Waals surface area contributed by atoms with Gasteiger partial charge in [-0.15, -0.1) is 0 Å². The molecule has 0 aliphatic carbocycles. The van der Waals surface area contributed by atoms with E-state index in [1.807, 2.05) is 0 Å². The molecule has 4 nitrogen and oxygen atoms in total. The summed E-state index contributed by atoms with van der Waals surface area (Å²) in [5.74, 6) is -6.96. The van der Waals surface area contributed by atoms with Crippen molar-refractivity contribution >= 4 is 15.8 Å². The Kier molecular flexibility index (Phi) is 5.54. The lowest BCUT2D eigenvalue weighted by atomic mass is 10.2. The van der Waals surface area contributed by atoms with Gasteiger partial charge in [0.15, 0.2) is 0 Å². The molecule has 0 fully saturated rings. The molecule has 0 aliphatic heterocycles. The van der Waals surface area contributed by atoms with Crippen molar-refractivity contribution in [2.24, 2.45) is 0 Å². The van der Waals surface area contributed by atoms with Crippen molar-refractivity contribution in [2.45, 2.75) is 31.4 Å². The molecular weight excluding hydrogens is 292 g/mol. The highest BCUT2D eigenvalue weighted by molar-refractivity contribution is 7.92. The largest absolute Gasteiger partial charge is 0.462 e. The van der Waals surface area contributed by atoms with E-state index in [4.69, 9.17) is 0 Å². The SMILES string of the molecule is C=C(C)C(=O)OCCC(F)(F)C(F)(F)S(=O)(=O)CC. The lowest BCUT2D eigenvalue weighted by Crippen LogP contribution is -2.48. The van der Waals surface area contributed by atoms with E-state index >= 15 is 0 Å². The van der Waals surface area contributed by atoms with Gasteiger partial charge in [0.1, 0.15) is 0 Å². The van der Waals surface area contributed by atoms with E-state index in [-0.39, 0.29) is 5.57 Å². The summed E-state index contributed by atoms with van der Waals surface area (Å²) < 4.78 is 78.8. The molecule has 0 spiro atoms. The van der Waals surface area contributed by atoms with E-state index in [1.165, 1.54) is 6.92 Å². The number of ether oxygens (including phenoxy) is 1. The maximum Gasteiger partial charge on any atom is 0.407 e. The molecule has 0 N–H and O–H groups in total. The second kappa shape index (κ2) is 5.89. The zero-order chi connectivity index (χ0) is 15.5. The van der Waals surface area contributed by atoms with Gasteiger partial charge in [0.25, 0.3) is 0 Å². The van der Waals surface area contributed by atoms with Crippen molar-refractivity contribution in [3.8, 4) is 0 Å². The predicted molar refractivity (Wildman–Crippen MR) is 59.7 cm³/mol. The van der Waals surface area contributed by atoms with Crippen LogP contribution in [0.15, 0.2) is 12.2 Å². The van der Waals surface area contributed by atoms with Crippen molar-refractivity contribution in [3.63, 3.8) is 0 Å². The van der Waals surface area contributed by atoms with Crippen LogP contribution in [0.3, 0.4) is 0 Å². The third kappa shape index (κ3) is 3.92. The Bertz CT molecular complexity index is 456. The molecule has 0 unspecified atom stereocenters. The molecule has 0 saturated carbocycles. The van der Waals surface area contributed by atoms with Gasteiger partial charge in [0, 0.05) is 5.57 Å². The molecule has 19 heavy (non-hydrogen) atoms. The second-order valence-corrected chi connectivity index (χ2v) is 6.11. The third-order valence-electron chi connectivity index (χ3n) is 2.19. The summed E-state index contributed by atoms with van der Waals surface area (Å²) >= 11 is 0. The average molecular weight is 306 g/mol. The molecule has 0 amide bonds. The van der Waals surface area contributed by atoms with Crippen molar-refractivity contribution in [1.29, 1.82) is 0 Å². The van der Waals surface area contributed by atoms with Crippen LogP contribution in [0.25, 0.3) is 0 Å². The van der Waals surface area contributed by atoms with Gasteiger partial charge in [-0.05, 0) is 6.92 Å². The minimum atomic E-state index is -5.26. The maximum atomic E-state index is 13.2. The predicted octanol–water partition coefficient (Wildman–Crippen LogP) is 2.16. The van der Waals surface area contributed by atoms with E-state index in [9.17, 15) is 30.8 Å². The highest BCUT2D eigenvalue weighted by Crippen LogP contribution is 2.41. The van der Waals surface area contributed by atoms with Crippen LogP contribution in [0, 0.1) is 0 Å². The Balaban J connectivity index is 4.81. The van der Waals surface area contributed by atoms with E-state index < -0.39 is 45.8 Å². The first-order chi connectivity index (χ1) is 8.39. The van der Waals surface area contributed by atoms with E-state index in [0.29, 0.717) is 0 Å². The summed E-state index contributed by atoms with van der Waals surface area (Å²) in [6.07, 6.45) is -1.60. The fourth-order valence-corrected chi connectivity index (χ4v) is 1.87. The van der Waals surface area contributed by atoms with Crippen LogP contribution in [0.5, 0.6) is 0 Å². The van der Waals surface area contributed by atoms with Gasteiger partial charge in [0.05, 0.1) is 18.8 Å². The Morgan fingerprint density at radius 2 is 1.74 bits per heavy atom. The van der Waals surface area contributed by atoms with E-state index in [2.05, 4.69) is 11.3 Å². The number of hydrogen-bond acceptors (Lipinski definition) is 4. The number of alkyl halides is 4. The second-order valence-electron chi connectivity index (χ2n) is 3.79. The smallest absolute Gasteiger partial charge is 0.407 e. The molecule has 0 aromatic heterocycles. The fraction of sp³-hybridized carbons (Fsp3) is 0.700. The van der Waals surface area contributed by atoms with E-state index in [0.717, 1.165) is 6.92 Å². The van der Waals surface area contributed by atoms with Crippen LogP contribution in [0.2, 0.25) is 0 Å². The van der Waals surface area contributed by atoms with Crippen LogP contribution in [0.4, 0.5) is 17.6 Å². The molecule has 0 aromatic carbocycles. The van der Waals surface area contributed by atoms with Gasteiger partial charge in [-0.25, -0.2) is 13.2 Å². The lowest BCUT2D eigenvalue weighted by molar-refractivity contribution is -0.171. The molecule has 0 heterocycles. The van der Waals surface area contributed by atoms with E-state index in [1.54, 1.807) is 0 Å². The van der Waals surface area contributed by atoms with Crippen LogP contribution in [-0.2, 0) is 19.4 Å². The summed E-state index contributed by atoms with van der Waals surface area (Å²) in [5, 5.41) is -5.20. The number of carbonyl (C=O) groups is 1. The van der Waals surface area contributed by atoms with Crippen molar-refractivity contribution in [1.82, 2.24) is 0 Å². The zero-order valence-corrected chi connectivity index (χ0v) is 11.2. The molecule has 0 aromatic rings. The normalized spacial score (nSPS) is 13.2. The fourth-order valence-electron chi connectivity index (χ4n) is 0.949. The summed E-state index contributed by atoms with van der Waals surface area (Å²) in [4.78, 5) is 10.9. The topological polar surface area (TPSA) is 60.4 Å². The molecule has 0 rings (SSSR count). The molecule has 0 aliphatic rings. The number of rotatable bonds is 7. The van der Waals surface area contributed by atoms with Crippen LogP contribution < -0.4 is 0 Å². The molecule has 112 valence electrons. The Labute approximate surface area is 108 Å². The first-order valence-electron chi connectivity index (χ1n) is 5.19. The zero-order valence-electron chi connectivity index (χ0n) is 10.4. The molecule has 0 bridgehead atoms. The van der Waals surface area contributed by atoms with Crippen molar-refractivity contribution in [2.75, 3.05) is 12.4 Å².